The molecular weight excluding hydrogens is 665 g/mol. The summed E-state index contributed by atoms with van der Waals surface area (Å²) in [4.78, 5) is 53.7. The molecule has 0 saturated heterocycles. The van der Waals surface area contributed by atoms with Gasteiger partial charge in [-0.2, -0.15) is 0 Å². The highest BCUT2D eigenvalue weighted by molar-refractivity contribution is 6.34. The van der Waals surface area contributed by atoms with Gasteiger partial charge in [-0.05, 0) is 116 Å². The van der Waals surface area contributed by atoms with E-state index < -0.39 is 5.41 Å². The van der Waals surface area contributed by atoms with Crippen molar-refractivity contribution in [2.45, 2.75) is 26.2 Å². The highest BCUT2D eigenvalue weighted by Crippen LogP contribution is 2.41. The molecule has 4 amide bonds. The normalized spacial score (nSPS) is 14.6. The van der Waals surface area contributed by atoms with Gasteiger partial charge in [-0.25, -0.2) is 4.90 Å². The van der Waals surface area contributed by atoms with Crippen molar-refractivity contribution in [3.05, 3.63) is 184 Å². The van der Waals surface area contributed by atoms with Crippen LogP contribution in [0.4, 0.5) is 5.69 Å². The van der Waals surface area contributed by atoms with E-state index in [1.165, 1.54) is 11.9 Å². The van der Waals surface area contributed by atoms with Gasteiger partial charge in [-0.15, -0.1) is 0 Å². The summed E-state index contributed by atoms with van der Waals surface area (Å²) in [6, 6.07) is 41.3. The van der Waals surface area contributed by atoms with Gasteiger partial charge in [0.25, 0.3) is 23.6 Å². The summed E-state index contributed by atoms with van der Waals surface area (Å²) in [7, 11) is 1.47. The van der Waals surface area contributed by atoms with Crippen molar-refractivity contribution in [1.82, 2.24) is 4.90 Å². The number of anilines is 1. The summed E-state index contributed by atoms with van der Waals surface area (Å²) >= 11 is 0. The number of aryl methyl sites for hydroxylation is 2. The molecule has 0 spiro atoms. The third-order valence-electron chi connectivity index (χ3n) is 10.1. The number of carbonyl (C=O) groups is 4. The van der Waals surface area contributed by atoms with Gasteiger partial charge in [0.2, 0.25) is 0 Å². The Morgan fingerprint density at radius 2 is 0.887 bits per heavy atom. The van der Waals surface area contributed by atoms with E-state index in [2.05, 4.69) is 38.1 Å². The Hall–Kier alpha value is -6.80. The van der Waals surface area contributed by atoms with E-state index in [4.69, 9.17) is 9.47 Å². The van der Waals surface area contributed by atoms with Crippen LogP contribution in [0, 0.1) is 13.8 Å². The first-order valence-corrected chi connectivity index (χ1v) is 17.2. The van der Waals surface area contributed by atoms with Crippen molar-refractivity contribution < 1.29 is 28.7 Å². The van der Waals surface area contributed by atoms with Crippen LogP contribution in [0.1, 0.15) is 76.2 Å². The summed E-state index contributed by atoms with van der Waals surface area (Å²) in [5, 5.41) is 0. The molecule has 260 valence electrons. The third kappa shape index (κ3) is 5.74. The van der Waals surface area contributed by atoms with E-state index in [0.29, 0.717) is 50.9 Å². The van der Waals surface area contributed by atoms with Crippen molar-refractivity contribution in [3.8, 4) is 23.0 Å². The second kappa shape index (κ2) is 12.8. The predicted octanol–water partition coefficient (Wildman–Crippen LogP) is 9.27. The van der Waals surface area contributed by atoms with Crippen LogP contribution < -0.4 is 14.4 Å². The summed E-state index contributed by atoms with van der Waals surface area (Å²) < 4.78 is 12.3. The molecular formula is C45H34N2O6. The molecule has 0 radical (unpaired) electrons. The van der Waals surface area contributed by atoms with Crippen LogP contribution in [0.25, 0.3) is 0 Å². The molecule has 0 saturated carbocycles. The minimum Gasteiger partial charge on any atom is -0.457 e. The first-order chi connectivity index (χ1) is 25.5. The zero-order valence-corrected chi connectivity index (χ0v) is 29.5. The van der Waals surface area contributed by atoms with Crippen molar-refractivity contribution in [1.29, 1.82) is 0 Å². The molecule has 0 fully saturated rings. The second-order valence-corrected chi connectivity index (χ2v) is 13.6. The van der Waals surface area contributed by atoms with Crippen molar-refractivity contribution in [2.24, 2.45) is 0 Å². The first kappa shape index (κ1) is 33.3. The molecule has 8 rings (SSSR count). The average molecular weight is 699 g/mol. The van der Waals surface area contributed by atoms with Gasteiger partial charge in [-0.3, -0.25) is 24.1 Å². The van der Waals surface area contributed by atoms with Crippen molar-refractivity contribution >= 4 is 29.3 Å². The van der Waals surface area contributed by atoms with Crippen LogP contribution in [0.2, 0.25) is 0 Å². The Kier molecular flexibility index (Phi) is 8.03. The van der Waals surface area contributed by atoms with E-state index >= 15 is 0 Å². The molecule has 2 aliphatic rings. The molecule has 0 bridgehead atoms. The number of ether oxygens (including phenoxy) is 2. The Balaban J connectivity index is 1.05. The second-order valence-electron chi connectivity index (χ2n) is 13.6. The van der Waals surface area contributed by atoms with Gasteiger partial charge in [0, 0.05) is 12.5 Å². The van der Waals surface area contributed by atoms with Crippen LogP contribution in [0.3, 0.4) is 0 Å². The maximum absolute atomic E-state index is 13.4. The Bertz CT molecular complexity index is 2470. The van der Waals surface area contributed by atoms with Crippen LogP contribution in [0.15, 0.2) is 133 Å². The first-order valence-electron chi connectivity index (χ1n) is 17.2. The highest BCUT2D eigenvalue weighted by Gasteiger charge is 2.37. The number of hydrogen-bond acceptors (Lipinski definition) is 6. The van der Waals surface area contributed by atoms with E-state index in [0.717, 1.165) is 32.7 Å². The summed E-state index contributed by atoms with van der Waals surface area (Å²) in [5.74, 6) is 0.682. The van der Waals surface area contributed by atoms with Gasteiger partial charge < -0.3 is 9.47 Å². The minimum absolute atomic E-state index is 0.303. The molecule has 0 aromatic heterocycles. The van der Waals surface area contributed by atoms with Gasteiger partial charge in [0.15, 0.2) is 0 Å². The lowest BCUT2D eigenvalue weighted by Crippen LogP contribution is -2.29. The largest absolute Gasteiger partial charge is 0.457 e. The smallest absolute Gasteiger partial charge is 0.266 e. The summed E-state index contributed by atoms with van der Waals surface area (Å²) in [5.41, 5.74) is 6.58. The molecule has 0 aliphatic carbocycles. The lowest BCUT2D eigenvalue weighted by Gasteiger charge is -2.32. The summed E-state index contributed by atoms with van der Waals surface area (Å²) in [6.07, 6.45) is 0. The SMILES string of the molecule is Cc1ccc(C(C)(c2ccc(Oc3ccc4c(c3)C(=O)N(C)C4=O)cc2)c2ccc(Oc3ccc4c(c3)C(=O)N(c3cccc(C)c3)C4=O)cc2)cc1. The molecule has 8 nitrogen and oxygen atoms in total. The number of fused-ring (bicyclic) bond motifs is 2. The fourth-order valence-electron chi connectivity index (χ4n) is 7.06. The number of amides is 4. The maximum atomic E-state index is 13.4. The molecule has 1 atom stereocenters. The van der Waals surface area contributed by atoms with Crippen LogP contribution in [-0.2, 0) is 5.41 Å². The molecule has 0 N–H and O–H groups in total. The fraction of sp³-hybridized carbons (Fsp3) is 0.111. The monoisotopic (exact) mass is 698 g/mol. The van der Waals surface area contributed by atoms with Crippen LogP contribution in [-0.4, -0.2) is 35.6 Å². The van der Waals surface area contributed by atoms with Gasteiger partial charge in [0.05, 0.1) is 27.9 Å². The lowest BCUT2D eigenvalue weighted by atomic mass is 9.71. The topological polar surface area (TPSA) is 93.2 Å². The molecule has 8 heteroatoms. The molecule has 2 heterocycles. The zero-order chi connectivity index (χ0) is 37.0. The molecule has 1 unspecified atom stereocenters. The van der Waals surface area contributed by atoms with Gasteiger partial charge >= 0.3 is 0 Å². The fourth-order valence-corrected chi connectivity index (χ4v) is 7.06. The van der Waals surface area contributed by atoms with Crippen LogP contribution in [0.5, 0.6) is 23.0 Å². The number of benzene rings is 6. The Morgan fingerprint density at radius 1 is 0.453 bits per heavy atom. The Labute approximate surface area is 306 Å². The number of carbonyl (C=O) groups excluding carboxylic acids is 4. The van der Waals surface area contributed by atoms with Crippen molar-refractivity contribution in [3.63, 3.8) is 0 Å². The van der Waals surface area contributed by atoms with Crippen LogP contribution >= 0.6 is 0 Å². The number of imide groups is 2. The Morgan fingerprint density at radius 3 is 1.42 bits per heavy atom. The lowest BCUT2D eigenvalue weighted by molar-refractivity contribution is 0.0692. The third-order valence-corrected chi connectivity index (χ3v) is 10.1. The van der Waals surface area contributed by atoms with E-state index in [9.17, 15) is 19.2 Å². The maximum Gasteiger partial charge on any atom is 0.266 e. The molecule has 6 aromatic carbocycles. The molecule has 2 aliphatic heterocycles. The van der Waals surface area contributed by atoms with Gasteiger partial charge in [-0.1, -0.05) is 66.2 Å². The van der Waals surface area contributed by atoms with E-state index in [-0.39, 0.29) is 23.6 Å². The number of hydrogen-bond donors (Lipinski definition) is 0. The van der Waals surface area contributed by atoms with Crippen molar-refractivity contribution in [2.75, 3.05) is 11.9 Å². The van der Waals surface area contributed by atoms with E-state index in [1.807, 2.05) is 73.7 Å². The number of rotatable bonds is 8. The number of nitrogens with zero attached hydrogens (tertiary/aromatic N) is 2. The predicted molar refractivity (Wildman–Crippen MR) is 201 cm³/mol. The molecule has 6 aromatic rings. The quantitative estimate of drug-likeness (QED) is 0.116. The molecule has 53 heavy (non-hydrogen) atoms. The van der Waals surface area contributed by atoms with E-state index in [1.54, 1.807) is 42.5 Å². The standard InChI is InChI=1S/C45H34N2O6/c1-27-8-10-29(11-9-27)45(3,30-12-16-33(17-13-30)52-35-20-22-37-39(25-35)42(49)46(4)41(37)48)31-14-18-34(19-15-31)53-36-21-23-38-40(26-36)44(51)47(43(38)50)32-7-5-6-28(2)24-32/h5-26H,1-4H3. The average Bonchev–Trinajstić information content (AvgIpc) is 3.54. The van der Waals surface area contributed by atoms with Gasteiger partial charge in [0.1, 0.15) is 23.0 Å². The minimum atomic E-state index is -0.560. The summed E-state index contributed by atoms with van der Waals surface area (Å²) in [6.45, 7) is 6.15. The highest BCUT2D eigenvalue weighted by atomic mass is 16.5. The zero-order valence-electron chi connectivity index (χ0n) is 29.5.